The van der Waals surface area contributed by atoms with Gasteiger partial charge >= 0.3 is 0 Å². The van der Waals surface area contributed by atoms with Gasteiger partial charge in [0.05, 0.1) is 4.90 Å². The molecule has 0 unspecified atom stereocenters. The van der Waals surface area contributed by atoms with Crippen LogP contribution in [0.3, 0.4) is 0 Å². The Labute approximate surface area is 160 Å². The third-order valence-electron chi connectivity index (χ3n) is 4.10. The second kappa shape index (κ2) is 7.20. The lowest BCUT2D eigenvalue weighted by molar-refractivity contribution is 0.0186. The van der Waals surface area contributed by atoms with Crippen molar-refractivity contribution in [1.29, 1.82) is 0 Å². The van der Waals surface area contributed by atoms with Gasteiger partial charge in [-0.25, -0.2) is 18.4 Å². The Bertz CT molecular complexity index is 957. The van der Waals surface area contributed by atoms with Crippen LogP contribution in [0.25, 0.3) is 0 Å². The summed E-state index contributed by atoms with van der Waals surface area (Å²) < 4.78 is 24.3. The predicted octanol–water partition coefficient (Wildman–Crippen LogP) is 2.76. The van der Waals surface area contributed by atoms with Crippen LogP contribution in [0.15, 0.2) is 57.9 Å². The highest BCUT2D eigenvalue weighted by Crippen LogP contribution is 2.21. The molecule has 136 valence electrons. The molecule has 0 spiro atoms. The quantitative estimate of drug-likeness (QED) is 0.740. The van der Waals surface area contributed by atoms with Crippen molar-refractivity contribution in [1.82, 2.24) is 10.0 Å². The zero-order chi connectivity index (χ0) is 18.9. The van der Waals surface area contributed by atoms with Crippen molar-refractivity contribution in [3.05, 3.63) is 64.1 Å². The maximum atomic E-state index is 12.9. The van der Waals surface area contributed by atoms with E-state index >= 15 is 0 Å². The molecule has 3 rings (SSSR count). The van der Waals surface area contributed by atoms with Gasteiger partial charge in [-0.3, -0.25) is 9.59 Å². The maximum Gasteiger partial charge on any atom is 0.272 e. The fourth-order valence-electron chi connectivity index (χ4n) is 2.78. The van der Waals surface area contributed by atoms with Crippen molar-refractivity contribution < 1.29 is 18.0 Å². The molecule has 0 bridgehead atoms. The zero-order valence-electron chi connectivity index (χ0n) is 14.1. The number of rotatable bonds is 3. The molecule has 26 heavy (non-hydrogen) atoms. The molecule has 0 aromatic heterocycles. The highest BCUT2D eigenvalue weighted by molar-refractivity contribution is 9.10. The van der Waals surface area contributed by atoms with Crippen molar-refractivity contribution >= 4 is 37.6 Å². The third-order valence-corrected chi connectivity index (χ3v) is 5.74. The Morgan fingerprint density at radius 2 is 1.50 bits per heavy atom. The van der Waals surface area contributed by atoms with Gasteiger partial charge in [-0.15, -0.1) is 0 Å². The number of nitrogens with zero attached hydrogens (tertiary/aromatic N) is 2. The van der Waals surface area contributed by atoms with E-state index in [1.54, 1.807) is 30.3 Å². The smallest absolute Gasteiger partial charge is 0.267 e. The minimum Gasteiger partial charge on any atom is -0.267 e. The second-order valence-electron chi connectivity index (χ2n) is 6.02. The molecule has 2 aromatic rings. The lowest BCUT2D eigenvalue weighted by Gasteiger charge is -2.28. The van der Waals surface area contributed by atoms with Crippen LogP contribution in [-0.4, -0.2) is 49.6 Å². The number of carbonyl (C=O) groups is 2. The first-order valence-corrected chi connectivity index (χ1v) is 10.6. The molecular weight excluding hydrogens is 420 g/mol. The monoisotopic (exact) mass is 436 g/mol. The molecule has 0 saturated carbocycles. The number of carbonyl (C=O) groups excluding carboxylic acids is 2. The molecule has 0 N–H and O–H groups in total. The van der Waals surface area contributed by atoms with Crippen molar-refractivity contribution in [2.75, 3.05) is 19.3 Å². The molecular formula is C18H17BrN2O4S. The second-order valence-corrected chi connectivity index (χ2v) is 8.95. The average molecular weight is 437 g/mol. The summed E-state index contributed by atoms with van der Waals surface area (Å²) in [5.41, 5.74) is 0.723. The minimum atomic E-state index is -3.42. The van der Waals surface area contributed by atoms with E-state index in [1.165, 1.54) is 28.2 Å². The van der Waals surface area contributed by atoms with Gasteiger partial charge in [0, 0.05) is 34.9 Å². The van der Waals surface area contributed by atoms with Crippen LogP contribution in [0.2, 0.25) is 0 Å². The number of sulfone groups is 1. The van der Waals surface area contributed by atoms with E-state index in [1.807, 2.05) is 0 Å². The Hall–Kier alpha value is -2.19. The predicted molar refractivity (Wildman–Crippen MR) is 100 cm³/mol. The topological polar surface area (TPSA) is 74.8 Å². The molecule has 0 aliphatic carbocycles. The maximum absolute atomic E-state index is 12.9. The van der Waals surface area contributed by atoms with Crippen molar-refractivity contribution in [3.8, 4) is 0 Å². The zero-order valence-corrected chi connectivity index (χ0v) is 16.5. The molecule has 1 aliphatic rings. The van der Waals surface area contributed by atoms with Crippen LogP contribution in [0.5, 0.6) is 0 Å². The molecule has 0 atom stereocenters. The molecule has 1 aliphatic heterocycles. The van der Waals surface area contributed by atoms with E-state index in [0.29, 0.717) is 25.1 Å². The lowest BCUT2D eigenvalue weighted by atomic mass is 10.2. The summed E-state index contributed by atoms with van der Waals surface area (Å²) in [6.45, 7) is 0.844. The Morgan fingerprint density at radius 1 is 0.923 bits per heavy atom. The largest absolute Gasteiger partial charge is 0.272 e. The van der Waals surface area contributed by atoms with Gasteiger partial charge in [0.2, 0.25) is 0 Å². The fraction of sp³-hybridized carbons (Fsp3) is 0.222. The molecule has 1 fully saturated rings. The Kier molecular flexibility index (Phi) is 5.15. The van der Waals surface area contributed by atoms with E-state index in [9.17, 15) is 18.0 Å². The minimum absolute atomic E-state index is 0.0772. The van der Waals surface area contributed by atoms with E-state index < -0.39 is 15.7 Å². The first-order valence-electron chi connectivity index (χ1n) is 7.97. The summed E-state index contributed by atoms with van der Waals surface area (Å²) in [5, 5.41) is 2.80. The van der Waals surface area contributed by atoms with Crippen molar-refractivity contribution in [2.24, 2.45) is 0 Å². The molecule has 6 nitrogen and oxygen atoms in total. The number of benzene rings is 2. The van der Waals surface area contributed by atoms with Gasteiger partial charge in [0.25, 0.3) is 11.8 Å². The summed E-state index contributed by atoms with van der Waals surface area (Å²) in [6, 6.07) is 12.8. The number of halogens is 1. The average Bonchev–Trinajstić information content (AvgIpc) is 3.10. The van der Waals surface area contributed by atoms with Crippen LogP contribution in [0, 0.1) is 0 Å². The molecule has 2 amide bonds. The molecule has 1 saturated heterocycles. The first-order chi connectivity index (χ1) is 12.3. The van der Waals surface area contributed by atoms with E-state index in [2.05, 4.69) is 15.9 Å². The van der Waals surface area contributed by atoms with Gasteiger partial charge < -0.3 is 0 Å². The van der Waals surface area contributed by atoms with Gasteiger partial charge in [0.1, 0.15) is 0 Å². The number of hydrogen-bond donors (Lipinski definition) is 0. The summed E-state index contributed by atoms with van der Waals surface area (Å²) in [6.07, 6.45) is 1.76. The van der Waals surface area contributed by atoms with E-state index in [-0.39, 0.29) is 16.4 Å². The van der Waals surface area contributed by atoms with Crippen LogP contribution in [0.4, 0.5) is 0 Å². The summed E-state index contributed by atoms with van der Waals surface area (Å²) >= 11 is 3.33. The highest BCUT2D eigenvalue weighted by Gasteiger charge is 2.32. The van der Waals surface area contributed by atoms with Crippen molar-refractivity contribution in [3.63, 3.8) is 0 Å². The lowest BCUT2D eigenvalue weighted by Crippen LogP contribution is -2.44. The summed E-state index contributed by atoms with van der Waals surface area (Å²) in [4.78, 5) is 25.7. The van der Waals surface area contributed by atoms with E-state index in [4.69, 9.17) is 0 Å². The van der Waals surface area contributed by atoms with Crippen LogP contribution >= 0.6 is 15.9 Å². The molecule has 0 radical (unpaired) electrons. The standard InChI is InChI=1S/C18H17BrN2O4S/c1-26(24,25)16-5-2-4-14(12-16)18(23)21-11-3-10-20(21)17(22)13-6-8-15(19)9-7-13/h2,4-9,12H,3,10-11H2,1H3. The molecule has 2 aromatic carbocycles. The Balaban J connectivity index is 1.87. The number of hydrogen-bond acceptors (Lipinski definition) is 4. The van der Waals surface area contributed by atoms with Gasteiger partial charge in [-0.2, -0.15) is 0 Å². The normalized spacial score (nSPS) is 14.5. The van der Waals surface area contributed by atoms with E-state index in [0.717, 1.165) is 10.7 Å². The Morgan fingerprint density at radius 3 is 2.08 bits per heavy atom. The van der Waals surface area contributed by atoms with Crippen LogP contribution in [0.1, 0.15) is 27.1 Å². The van der Waals surface area contributed by atoms with Crippen molar-refractivity contribution in [2.45, 2.75) is 11.3 Å². The summed E-state index contributed by atoms with van der Waals surface area (Å²) in [5.74, 6) is -0.652. The van der Waals surface area contributed by atoms with Gasteiger partial charge in [-0.05, 0) is 48.9 Å². The number of hydrazine groups is 1. The number of amides is 2. The highest BCUT2D eigenvalue weighted by atomic mass is 79.9. The first kappa shape index (κ1) is 18.6. The van der Waals surface area contributed by atoms with Gasteiger partial charge in [0.15, 0.2) is 9.84 Å². The van der Waals surface area contributed by atoms with Crippen LogP contribution in [-0.2, 0) is 9.84 Å². The SMILES string of the molecule is CS(=O)(=O)c1cccc(C(=O)N2CCCN2C(=O)c2ccc(Br)cc2)c1. The third kappa shape index (κ3) is 3.81. The van der Waals surface area contributed by atoms with Crippen LogP contribution < -0.4 is 0 Å². The summed E-state index contributed by atoms with van der Waals surface area (Å²) in [7, 11) is -3.42. The molecule has 1 heterocycles. The fourth-order valence-corrected chi connectivity index (χ4v) is 3.72. The molecule has 8 heteroatoms. The van der Waals surface area contributed by atoms with Gasteiger partial charge in [-0.1, -0.05) is 22.0 Å².